The zero-order valence-corrected chi connectivity index (χ0v) is 14.6. The highest BCUT2D eigenvalue weighted by Gasteiger charge is 2.11. The number of nitrogens with zero attached hydrogens (tertiary/aromatic N) is 2. The summed E-state index contributed by atoms with van der Waals surface area (Å²) in [5.74, 6) is 1.93. The van der Waals surface area contributed by atoms with Crippen molar-refractivity contribution in [2.24, 2.45) is 0 Å². The highest BCUT2D eigenvalue weighted by molar-refractivity contribution is 5.90. The van der Waals surface area contributed by atoms with Gasteiger partial charge in [-0.1, -0.05) is 30.3 Å². The number of rotatable bonds is 3. The number of nitrogens with one attached hydrogen (secondary N) is 1. The topological polar surface area (TPSA) is 65.6 Å². The highest BCUT2D eigenvalue weighted by atomic mass is 16.3. The Morgan fingerprint density at radius 2 is 1.85 bits per heavy atom. The molecule has 126 valence electrons. The van der Waals surface area contributed by atoms with E-state index in [1.54, 1.807) is 6.08 Å². The molecule has 0 atom stereocenters. The van der Waals surface area contributed by atoms with Crippen LogP contribution in [0.2, 0.25) is 0 Å². The van der Waals surface area contributed by atoms with E-state index in [0.29, 0.717) is 17.2 Å². The predicted molar refractivity (Wildman–Crippen MR) is 103 cm³/mol. The lowest BCUT2D eigenvalue weighted by atomic mass is 10.1. The summed E-state index contributed by atoms with van der Waals surface area (Å²) < 4.78 is 5.87. The summed E-state index contributed by atoms with van der Waals surface area (Å²) in [7, 11) is 0. The lowest BCUT2D eigenvalue weighted by molar-refractivity contribution is 0.572. The number of nitriles is 1. The zero-order chi connectivity index (χ0) is 18.1. The Labute approximate surface area is 151 Å². The molecule has 4 nitrogen and oxygen atoms in total. The molecule has 0 amide bonds. The SMILES string of the molecule is Cc1cc2nc(/C(C#N)=C\c3ccc(-c4ccccc4)o3)[nH]c2cc1C. The number of aryl methyl sites for hydroxylation is 2. The van der Waals surface area contributed by atoms with Gasteiger partial charge < -0.3 is 9.40 Å². The van der Waals surface area contributed by atoms with Crippen molar-refractivity contribution in [2.75, 3.05) is 0 Å². The molecule has 2 heterocycles. The number of aromatic amines is 1. The molecule has 2 aromatic carbocycles. The Kier molecular flexibility index (Phi) is 3.91. The van der Waals surface area contributed by atoms with Crippen LogP contribution >= 0.6 is 0 Å². The Morgan fingerprint density at radius 3 is 2.62 bits per heavy atom. The van der Waals surface area contributed by atoms with Gasteiger partial charge in [0.1, 0.15) is 23.4 Å². The van der Waals surface area contributed by atoms with Crippen LogP contribution < -0.4 is 0 Å². The fraction of sp³-hybridized carbons (Fsp3) is 0.0909. The summed E-state index contributed by atoms with van der Waals surface area (Å²) in [5, 5.41) is 9.58. The van der Waals surface area contributed by atoms with Gasteiger partial charge in [-0.05, 0) is 49.2 Å². The van der Waals surface area contributed by atoms with Gasteiger partial charge in [0, 0.05) is 11.6 Å². The third-order valence-corrected chi connectivity index (χ3v) is 4.44. The second-order valence-corrected chi connectivity index (χ2v) is 6.28. The third-order valence-electron chi connectivity index (χ3n) is 4.44. The standard InChI is InChI=1S/C22H17N3O/c1-14-10-19-20(11-15(14)2)25-22(24-19)17(13-23)12-18-8-9-21(26-18)16-6-4-3-5-7-16/h3-12H,1-2H3,(H,24,25)/b17-12-. The first-order chi connectivity index (χ1) is 12.6. The first kappa shape index (κ1) is 15.9. The number of fused-ring (bicyclic) bond motifs is 1. The van der Waals surface area contributed by atoms with E-state index in [0.717, 1.165) is 22.4 Å². The molecule has 2 aromatic heterocycles. The largest absolute Gasteiger partial charge is 0.457 e. The number of allylic oxidation sites excluding steroid dienone is 1. The fourth-order valence-corrected chi connectivity index (χ4v) is 2.88. The molecule has 0 fully saturated rings. The average Bonchev–Trinajstić information content (AvgIpc) is 3.28. The Balaban J connectivity index is 1.72. The maximum atomic E-state index is 9.58. The molecule has 1 N–H and O–H groups in total. The van der Waals surface area contributed by atoms with Crippen LogP contribution in [0.25, 0.3) is 34.0 Å². The first-order valence-electron chi connectivity index (χ1n) is 8.38. The van der Waals surface area contributed by atoms with Gasteiger partial charge in [0.25, 0.3) is 0 Å². The van der Waals surface area contributed by atoms with E-state index in [9.17, 15) is 5.26 Å². The van der Waals surface area contributed by atoms with Crippen LogP contribution in [0.3, 0.4) is 0 Å². The smallest absolute Gasteiger partial charge is 0.149 e. The summed E-state index contributed by atoms with van der Waals surface area (Å²) in [4.78, 5) is 7.79. The van der Waals surface area contributed by atoms with E-state index in [1.807, 2.05) is 48.5 Å². The monoisotopic (exact) mass is 339 g/mol. The van der Waals surface area contributed by atoms with Gasteiger partial charge in [0.05, 0.1) is 16.6 Å². The second kappa shape index (κ2) is 6.38. The number of H-pyrrole nitrogens is 1. The van der Waals surface area contributed by atoms with Gasteiger partial charge in [-0.3, -0.25) is 0 Å². The second-order valence-electron chi connectivity index (χ2n) is 6.28. The van der Waals surface area contributed by atoms with Crippen molar-refractivity contribution in [3.8, 4) is 17.4 Å². The molecule has 0 saturated heterocycles. The van der Waals surface area contributed by atoms with E-state index in [4.69, 9.17) is 4.42 Å². The maximum absolute atomic E-state index is 9.58. The Hall–Kier alpha value is -3.58. The molecular formula is C22H17N3O. The number of imidazole rings is 1. The van der Waals surface area contributed by atoms with E-state index >= 15 is 0 Å². The van der Waals surface area contributed by atoms with Crippen LogP contribution in [-0.4, -0.2) is 9.97 Å². The van der Waals surface area contributed by atoms with Gasteiger partial charge in [-0.15, -0.1) is 0 Å². The molecule has 4 rings (SSSR count). The Morgan fingerprint density at radius 1 is 1.08 bits per heavy atom. The lowest BCUT2D eigenvalue weighted by Gasteiger charge is -1.97. The maximum Gasteiger partial charge on any atom is 0.149 e. The van der Waals surface area contributed by atoms with Crippen LogP contribution in [0.15, 0.2) is 59.0 Å². The van der Waals surface area contributed by atoms with Crippen LogP contribution in [0.5, 0.6) is 0 Å². The van der Waals surface area contributed by atoms with Crippen molar-refractivity contribution >= 4 is 22.7 Å². The van der Waals surface area contributed by atoms with Crippen LogP contribution in [0.4, 0.5) is 0 Å². The molecule has 0 spiro atoms. The molecular weight excluding hydrogens is 322 g/mol. The summed E-state index contributed by atoms with van der Waals surface area (Å²) in [5.41, 5.74) is 5.58. The van der Waals surface area contributed by atoms with Crippen molar-refractivity contribution in [3.63, 3.8) is 0 Å². The molecule has 4 aromatic rings. The van der Waals surface area contributed by atoms with Crippen LogP contribution in [-0.2, 0) is 0 Å². The third kappa shape index (κ3) is 2.91. The van der Waals surface area contributed by atoms with E-state index < -0.39 is 0 Å². The molecule has 0 aliphatic heterocycles. The number of furan rings is 1. The summed E-state index contributed by atoms with van der Waals surface area (Å²) in [6.45, 7) is 4.11. The Bertz CT molecular complexity index is 1120. The number of hydrogen-bond donors (Lipinski definition) is 1. The molecule has 0 unspecified atom stereocenters. The van der Waals surface area contributed by atoms with Crippen LogP contribution in [0, 0.1) is 25.2 Å². The molecule has 26 heavy (non-hydrogen) atoms. The van der Waals surface area contributed by atoms with E-state index in [1.165, 1.54) is 11.1 Å². The molecule has 0 radical (unpaired) electrons. The number of benzene rings is 2. The van der Waals surface area contributed by atoms with Crippen LogP contribution in [0.1, 0.15) is 22.7 Å². The molecule has 4 heteroatoms. The van der Waals surface area contributed by atoms with Gasteiger partial charge >= 0.3 is 0 Å². The van der Waals surface area contributed by atoms with E-state index in [-0.39, 0.29) is 0 Å². The van der Waals surface area contributed by atoms with E-state index in [2.05, 4.69) is 36.0 Å². The van der Waals surface area contributed by atoms with Crippen molar-refractivity contribution < 1.29 is 4.42 Å². The lowest BCUT2D eigenvalue weighted by Crippen LogP contribution is -1.84. The molecule has 0 bridgehead atoms. The molecule has 0 aliphatic carbocycles. The van der Waals surface area contributed by atoms with Crippen molar-refractivity contribution in [1.29, 1.82) is 5.26 Å². The zero-order valence-electron chi connectivity index (χ0n) is 14.6. The quantitative estimate of drug-likeness (QED) is 0.501. The van der Waals surface area contributed by atoms with Crippen molar-refractivity contribution in [2.45, 2.75) is 13.8 Å². The van der Waals surface area contributed by atoms with Gasteiger partial charge in [-0.25, -0.2) is 4.98 Å². The minimum absolute atomic E-state index is 0.436. The minimum atomic E-state index is 0.436. The molecule has 0 saturated carbocycles. The average molecular weight is 339 g/mol. The minimum Gasteiger partial charge on any atom is -0.457 e. The first-order valence-corrected chi connectivity index (χ1v) is 8.38. The van der Waals surface area contributed by atoms with Crippen molar-refractivity contribution in [1.82, 2.24) is 9.97 Å². The van der Waals surface area contributed by atoms with Crippen molar-refractivity contribution in [3.05, 3.63) is 77.3 Å². The highest BCUT2D eigenvalue weighted by Crippen LogP contribution is 2.25. The number of aromatic nitrogens is 2. The number of hydrogen-bond acceptors (Lipinski definition) is 3. The van der Waals surface area contributed by atoms with Gasteiger partial charge in [0.2, 0.25) is 0 Å². The predicted octanol–water partition coefficient (Wildman–Crippen LogP) is 5.50. The summed E-state index contributed by atoms with van der Waals surface area (Å²) in [6, 6.07) is 19.9. The fourth-order valence-electron chi connectivity index (χ4n) is 2.88. The normalized spacial score (nSPS) is 11.7. The summed E-state index contributed by atoms with van der Waals surface area (Å²) >= 11 is 0. The molecule has 0 aliphatic rings. The van der Waals surface area contributed by atoms with Gasteiger partial charge in [0.15, 0.2) is 0 Å². The summed E-state index contributed by atoms with van der Waals surface area (Å²) in [6.07, 6.45) is 1.71. The van der Waals surface area contributed by atoms with Gasteiger partial charge in [-0.2, -0.15) is 5.26 Å².